The number of rotatable bonds is 20. The first-order valence-corrected chi connectivity index (χ1v) is 23.3. The third-order valence-electron chi connectivity index (χ3n) is 12.2. The maximum Gasteiger partial charge on any atom is 0.417 e. The van der Waals surface area contributed by atoms with E-state index in [1.54, 1.807) is 6.07 Å². The van der Waals surface area contributed by atoms with Crippen LogP contribution < -0.4 is 0 Å². The van der Waals surface area contributed by atoms with Crippen LogP contribution in [0, 0.1) is 0 Å². The van der Waals surface area contributed by atoms with Gasteiger partial charge in [0.25, 0.3) is 0 Å². The van der Waals surface area contributed by atoms with Gasteiger partial charge in [-0.1, -0.05) is 86.5 Å². The highest BCUT2D eigenvalue weighted by Gasteiger charge is 2.34. The molecule has 0 aliphatic heterocycles. The van der Waals surface area contributed by atoms with Crippen molar-refractivity contribution >= 4 is 23.5 Å². The van der Waals surface area contributed by atoms with Crippen molar-refractivity contribution in [2.75, 3.05) is 7.11 Å². The van der Waals surface area contributed by atoms with Crippen LogP contribution in [0.2, 0.25) is 5.02 Å². The molecule has 2 aromatic carbocycles. The molecular weight excluding hydrogens is 870 g/mol. The molecule has 3 N–H and O–H groups in total. The van der Waals surface area contributed by atoms with Crippen molar-refractivity contribution in [2.24, 2.45) is 0 Å². The smallest absolute Gasteiger partial charge is 0.417 e. The van der Waals surface area contributed by atoms with E-state index >= 15 is 0 Å². The number of carboxylic acids is 2. The van der Waals surface area contributed by atoms with Crippen LogP contribution in [0.1, 0.15) is 171 Å². The molecule has 2 unspecified atom stereocenters. The van der Waals surface area contributed by atoms with Gasteiger partial charge in [0.2, 0.25) is 0 Å². The maximum absolute atomic E-state index is 13.2. The zero-order chi connectivity index (χ0) is 47.4. The molecule has 0 saturated carbocycles. The maximum atomic E-state index is 13.2. The summed E-state index contributed by atoms with van der Waals surface area (Å²) in [5.74, 6) is -2.87. The van der Waals surface area contributed by atoms with Gasteiger partial charge in [-0.3, -0.25) is 19.6 Å². The third-order valence-corrected chi connectivity index (χ3v) is 12.6. The number of carbonyl (C=O) groups is 2. The number of pyridine rings is 2. The SMILES string of the molecule is CO.O=C(O)CC(CCCCCCc1ccc2c(n1)CCCC2)c1ccc(Cl)c(C(F)(F)F)c1.O=C(O)CC(CCCCCCc1ccc2c(n1)CCCC2)c1cccc(C(F)(F)F)c1. The predicted molar refractivity (Wildman–Crippen MR) is 241 cm³/mol. The molecule has 356 valence electrons. The molecule has 2 aliphatic carbocycles. The molecule has 2 heterocycles. The lowest BCUT2D eigenvalue weighted by Gasteiger charge is -2.18. The van der Waals surface area contributed by atoms with Crippen molar-refractivity contribution in [2.45, 2.75) is 165 Å². The number of hydrogen-bond acceptors (Lipinski definition) is 5. The van der Waals surface area contributed by atoms with E-state index in [1.807, 2.05) is 0 Å². The Hall–Kier alpha value is -4.49. The number of benzene rings is 2. The van der Waals surface area contributed by atoms with E-state index in [2.05, 4.69) is 24.3 Å². The molecule has 65 heavy (non-hydrogen) atoms. The van der Waals surface area contributed by atoms with Gasteiger partial charge in [-0.05, 0) is 154 Å². The molecule has 6 rings (SSSR count). The van der Waals surface area contributed by atoms with Gasteiger partial charge in [-0.25, -0.2) is 0 Å². The quantitative estimate of drug-likeness (QED) is 0.0596. The number of aliphatic hydroxyl groups excluding tert-OH is 1. The summed E-state index contributed by atoms with van der Waals surface area (Å²) in [6, 6.07) is 17.4. The van der Waals surface area contributed by atoms with Crippen molar-refractivity contribution in [1.82, 2.24) is 9.97 Å². The molecule has 4 aromatic rings. The lowest BCUT2D eigenvalue weighted by molar-refractivity contribution is -0.139. The van der Waals surface area contributed by atoms with E-state index in [0.717, 1.165) is 127 Å². The Kier molecular flexibility index (Phi) is 21.7. The summed E-state index contributed by atoms with van der Waals surface area (Å²) in [5.41, 5.74) is 6.70. The number of aryl methyl sites for hydroxylation is 6. The molecule has 0 amide bonds. The van der Waals surface area contributed by atoms with Crippen LogP contribution in [0.25, 0.3) is 0 Å². The number of unbranched alkanes of at least 4 members (excludes halogenated alkanes) is 6. The van der Waals surface area contributed by atoms with E-state index < -0.39 is 47.3 Å². The van der Waals surface area contributed by atoms with E-state index in [1.165, 1.54) is 66.4 Å². The van der Waals surface area contributed by atoms with Crippen LogP contribution >= 0.6 is 11.6 Å². The Morgan fingerprint density at radius 1 is 0.585 bits per heavy atom. The zero-order valence-electron chi connectivity index (χ0n) is 37.3. The number of nitrogens with zero attached hydrogens (tertiary/aromatic N) is 2. The normalized spacial score (nSPS) is 14.4. The number of alkyl halides is 6. The van der Waals surface area contributed by atoms with E-state index in [-0.39, 0.29) is 17.9 Å². The summed E-state index contributed by atoms with van der Waals surface area (Å²) in [5, 5.41) is 25.1. The highest BCUT2D eigenvalue weighted by Crippen LogP contribution is 2.38. The first-order valence-electron chi connectivity index (χ1n) is 22.9. The Morgan fingerprint density at radius 2 is 1.05 bits per heavy atom. The lowest BCUT2D eigenvalue weighted by Crippen LogP contribution is -2.10. The predicted octanol–water partition coefficient (Wildman–Crippen LogP) is 13.7. The van der Waals surface area contributed by atoms with Crippen molar-refractivity contribution < 1.29 is 51.3 Å². The standard InChI is InChI=1S/C25H29ClF3NO2.C25H30F3NO2.CH4O/c26-22-14-12-19(15-21(22)25(27,28)29)18(16-24(31)32)8-3-1-2-4-9-20-13-11-17-7-5-6-10-23(17)30-20;26-25(27,28)21-11-7-10-19(16-21)20(17-24(30)31)9-3-1-2-4-12-22-15-14-18-8-5-6-13-23(18)29-22;1-2/h11-15,18H,1-10,16H2,(H,31,32);7,10-11,14-16,20H,1-6,8-9,12-13,17H2,(H,30,31);2H,1H3. The number of halogens is 7. The zero-order valence-corrected chi connectivity index (χ0v) is 38.0. The summed E-state index contributed by atoms with van der Waals surface area (Å²) in [6.45, 7) is 0. The highest BCUT2D eigenvalue weighted by molar-refractivity contribution is 6.31. The number of aliphatic carboxylic acids is 2. The average Bonchev–Trinajstić information content (AvgIpc) is 3.28. The van der Waals surface area contributed by atoms with Crippen LogP contribution in [-0.4, -0.2) is 44.3 Å². The number of aliphatic hydroxyl groups is 1. The van der Waals surface area contributed by atoms with E-state index in [9.17, 15) is 46.1 Å². The molecule has 0 fully saturated rings. The monoisotopic (exact) mass is 932 g/mol. The van der Waals surface area contributed by atoms with Crippen LogP contribution in [0.15, 0.2) is 66.7 Å². The van der Waals surface area contributed by atoms with Gasteiger partial charge in [-0.15, -0.1) is 0 Å². The molecule has 0 saturated heterocycles. The van der Waals surface area contributed by atoms with Gasteiger partial charge in [-0.2, -0.15) is 26.3 Å². The van der Waals surface area contributed by atoms with Gasteiger partial charge in [0, 0.05) is 29.9 Å². The second-order valence-electron chi connectivity index (χ2n) is 17.1. The van der Waals surface area contributed by atoms with E-state index in [0.29, 0.717) is 24.0 Å². The van der Waals surface area contributed by atoms with Crippen molar-refractivity contribution in [3.05, 3.63) is 128 Å². The van der Waals surface area contributed by atoms with Crippen LogP contribution in [-0.2, 0) is 60.5 Å². The lowest BCUT2D eigenvalue weighted by atomic mass is 9.89. The second kappa shape index (κ2) is 26.6. The highest BCUT2D eigenvalue weighted by atomic mass is 35.5. The molecule has 2 aliphatic rings. The minimum absolute atomic E-state index is 0.152. The molecule has 2 atom stereocenters. The Balaban J connectivity index is 0.000000274. The number of hydrogen-bond donors (Lipinski definition) is 3. The fourth-order valence-corrected chi connectivity index (χ4v) is 9.04. The molecule has 14 heteroatoms. The second-order valence-corrected chi connectivity index (χ2v) is 17.5. The molecular formula is C51H63ClF6N2O5. The minimum atomic E-state index is -4.56. The first-order chi connectivity index (χ1) is 31.1. The number of fused-ring (bicyclic) bond motifs is 2. The van der Waals surface area contributed by atoms with Crippen LogP contribution in [0.4, 0.5) is 26.3 Å². The van der Waals surface area contributed by atoms with Crippen LogP contribution in [0.3, 0.4) is 0 Å². The topological polar surface area (TPSA) is 121 Å². The van der Waals surface area contributed by atoms with Crippen molar-refractivity contribution in [1.29, 1.82) is 0 Å². The van der Waals surface area contributed by atoms with Gasteiger partial charge < -0.3 is 15.3 Å². The van der Waals surface area contributed by atoms with Crippen LogP contribution in [0.5, 0.6) is 0 Å². The Bertz CT molecular complexity index is 2110. The Labute approximate surface area is 384 Å². The summed E-state index contributed by atoms with van der Waals surface area (Å²) < 4.78 is 78.5. The Morgan fingerprint density at radius 3 is 1.51 bits per heavy atom. The largest absolute Gasteiger partial charge is 0.481 e. The summed E-state index contributed by atoms with van der Waals surface area (Å²) in [7, 11) is 1.00. The number of carboxylic acid groups (broad SMARTS) is 2. The van der Waals surface area contributed by atoms with Gasteiger partial charge >= 0.3 is 24.3 Å². The molecule has 0 radical (unpaired) electrons. The summed E-state index contributed by atoms with van der Waals surface area (Å²) in [6.07, 6.45) is 10.3. The minimum Gasteiger partial charge on any atom is -0.481 e. The molecule has 7 nitrogen and oxygen atoms in total. The van der Waals surface area contributed by atoms with Crippen molar-refractivity contribution in [3.63, 3.8) is 0 Å². The summed E-state index contributed by atoms with van der Waals surface area (Å²) >= 11 is 5.70. The van der Waals surface area contributed by atoms with Gasteiger partial charge in [0.1, 0.15) is 0 Å². The molecule has 0 spiro atoms. The number of aromatic nitrogens is 2. The fourth-order valence-electron chi connectivity index (χ4n) is 8.81. The third kappa shape index (κ3) is 18.0. The molecule has 2 aromatic heterocycles. The van der Waals surface area contributed by atoms with E-state index in [4.69, 9.17) is 26.7 Å². The summed E-state index contributed by atoms with van der Waals surface area (Å²) in [4.78, 5) is 32.1. The van der Waals surface area contributed by atoms with Crippen molar-refractivity contribution in [3.8, 4) is 0 Å². The van der Waals surface area contributed by atoms with Gasteiger partial charge in [0.15, 0.2) is 0 Å². The van der Waals surface area contributed by atoms with Gasteiger partial charge in [0.05, 0.1) is 29.0 Å². The fraction of sp³-hybridized carbons (Fsp3) is 0.529. The molecule has 0 bridgehead atoms. The first kappa shape index (κ1) is 53.1. The average molecular weight is 934 g/mol.